The molecular weight excluding hydrogens is 184 g/mol. The summed E-state index contributed by atoms with van der Waals surface area (Å²) in [5.74, 6) is 0.804. The van der Waals surface area contributed by atoms with E-state index >= 15 is 0 Å². The second kappa shape index (κ2) is 5.14. The molecule has 0 radical (unpaired) electrons. The Morgan fingerprint density at radius 1 is 1.38 bits per heavy atom. The molecule has 1 rings (SSSR count). The number of ether oxygens (including phenoxy) is 1. The highest BCUT2D eigenvalue weighted by Crippen LogP contribution is 2.18. The average Bonchev–Trinajstić information content (AvgIpc) is 2.15. The number of hydrogen-bond acceptors (Lipinski definition) is 3. The summed E-state index contributed by atoms with van der Waals surface area (Å²) in [6.45, 7) is 2.05. The lowest BCUT2D eigenvalue weighted by atomic mass is 10.3. The van der Waals surface area contributed by atoms with Crippen LogP contribution in [0.1, 0.15) is 6.92 Å². The van der Waals surface area contributed by atoms with Crippen molar-refractivity contribution in [2.45, 2.75) is 17.9 Å². The Balaban J connectivity index is 2.49. The van der Waals surface area contributed by atoms with Crippen LogP contribution in [-0.2, 0) is 0 Å². The Bertz CT molecular complexity index is 244. The first kappa shape index (κ1) is 10.4. The molecule has 1 N–H and O–H groups in total. The summed E-state index contributed by atoms with van der Waals surface area (Å²) in [4.78, 5) is 1.21. The Labute approximate surface area is 82.9 Å². The van der Waals surface area contributed by atoms with Gasteiger partial charge in [0.1, 0.15) is 12.4 Å². The largest absolute Gasteiger partial charge is 0.491 e. The van der Waals surface area contributed by atoms with E-state index in [0.717, 1.165) is 5.75 Å². The fraction of sp³-hybridized carbons (Fsp3) is 0.400. The number of benzene rings is 1. The van der Waals surface area contributed by atoms with Crippen molar-refractivity contribution in [1.29, 1.82) is 0 Å². The first-order valence-electron chi connectivity index (χ1n) is 4.17. The van der Waals surface area contributed by atoms with Gasteiger partial charge in [-0.1, -0.05) is 0 Å². The number of rotatable bonds is 4. The topological polar surface area (TPSA) is 29.5 Å². The van der Waals surface area contributed by atoms with Crippen LogP contribution in [0.25, 0.3) is 0 Å². The van der Waals surface area contributed by atoms with Crippen molar-refractivity contribution in [1.82, 2.24) is 0 Å². The zero-order valence-electron chi connectivity index (χ0n) is 7.86. The third kappa shape index (κ3) is 3.70. The third-order valence-electron chi connectivity index (χ3n) is 1.55. The minimum atomic E-state index is -0.416. The number of aliphatic hydroxyl groups excluding tert-OH is 1. The van der Waals surface area contributed by atoms with Crippen LogP contribution in [0.4, 0.5) is 0 Å². The number of thioether (sulfide) groups is 1. The smallest absolute Gasteiger partial charge is 0.119 e. The quantitative estimate of drug-likeness (QED) is 0.752. The van der Waals surface area contributed by atoms with Crippen LogP contribution >= 0.6 is 11.8 Å². The molecule has 0 bridgehead atoms. The van der Waals surface area contributed by atoms with Crippen molar-refractivity contribution >= 4 is 11.8 Å². The van der Waals surface area contributed by atoms with Crippen molar-refractivity contribution < 1.29 is 9.84 Å². The zero-order chi connectivity index (χ0) is 9.68. The molecule has 0 amide bonds. The summed E-state index contributed by atoms with van der Waals surface area (Å²) >= 11 is 1.70. The van der Waals surface area contributed by atoms with Gasteiger partial charge < -0.3 is 9.84 Å². The molecule has 0 aliphatic rings. The predicted octanol–water partition coefficient (Wildman–Crippen LogP) is 2.17. The van der Waals surface area contributed by atoms with Gasteiger partial charge in [-0.05, 0) is 37.4 Å². The fourth-order valence-electron chi connectivity index (χ4n) is 0.889. The highest BCUT2D eigenvalue weighted by molar-refractivity contribution is 7.98. The van der Waals surface area contributed by atoms with E-state index in [1.54, 1.807) is 18.7 Å². The van der Waals surface area contributed by atoms with Crippen molar-refractivity contribution in [3.8, 4) is 5.75 Å². The van der Waals surface area contributed by atoms with Crippen LogP contribution in [0.2, 0.25) is 0 Å². The van der Waals surface area contributed by atoms with Gasteiger partial charge in [-0.15, -0.1) is 11.8 Å². The van der Waals surface area contributed by atoms with Crippen molar-refractivity contribution in [3.63, 3.8) is 0 Å². The number of hydrogen-bond donors (Lipinski definition) is 1. The highest BCUT2D eigenvalue weighted by Gasteiger charge is 1.97. The van der Waals surface area contributed by atoms with Crippen LogP contribution in [-0.4, -0.2) is 24.1 Å². The van der Waals surface area contributed by atoms with Gasteiger partial charge in [0.05, 0.1) is 6.10 Å². The highest BCUT2D eigenvalue weighted by atomic mass is 32.2. The molecule has 0 heterocycles. The summed E-state index contributed by atoms with van der Waals surface area (Å²) in [6.07, 6.45) is 1.62. The summed E-state index contributed by atoms with van der Waals surface area (Å²) in [5, 5.41) is 8.99. The lowest BCUT2D eigenvalue weighted by Gasteiger charge is -2.07. The van der Waals surface area contributed by atoms with Gasteiger partial charge in [-0.3, -0.25) is 0 Å². The minimum Gasteiger partial charge on any atom is -0.491 e. The van der Waals surface area contributed by atoms with Crippen LogP contribution in [0.5, 0.6) is 5.75 Å². The van der Waals surface area contributed by atoms with E-state index in [4.69, 9.17) is 9.84 Å². The molecule has 1 atom stereocenters. The van der Waals surface area contributed by atoms with Crippen LogP contribution < -0.4 is 4.74 Å². The maximum atomic E-state index is 8.99. The maximum Gasteiger partial charge on any atom is 0.119 e. The normalized spacial score (nSPS) is 12.5. The van der Waals surface area contributed by atoms with Crippen molar-refractivity contribution in [3.05, 3.63) is 24.3 Å². The molecule has 2 nitrogen and oxygen atoms in total. The Morgan fingerprint density at radius 2 is 2.00 bits per heavy atom. The lowest BCUT2D eigenvalue weighted by Crippen LogP contribution is -2.12. The molecule has 72 valence electrons. The van der Waals surface area contributed by atoms with Gasteiger partial charge in [0, 0.05) is 4.90 Å². The van der Waals surface area contributed by atoms with Gasteiger partial charge in [0.15, 0.2) is 0 Å². The third-order valence-corrected chi connectivity index (χ3v) is 2.29. The molecule has 0 spiro atoms. The van der Waals surface area contributed by atoms with Crippen LogP contribution in [0, 0.1) is 0 Å². The SMILES string of the molecule is CSc1ccc(OC[C@@H](C)O)cc1. The molecule has 0 saturated carbocycles. The molecule has 0 unspecified atom stereocenters. The minimum absolute atomic E-state index is 0.346. The summed E-state index contributed by atoms with van der Waals surface area (Å²) in [7, 11) is 0. The van der Waals surface area contributed by atoms with Gasteiger partial charge in [0.25, 0.3) is 0 Å². The molecule has 0 aliphatic heterocycles. The predicted molar refractivity (Wildman–Crippen MR) is 55.4 cm³/mol. The van der Waals surface area contributed by atoms with Gasteiger partial charge >= 0.3 is 0 Å². The maximum absolute atomic E-state index is 8.99. The summed E-state index contributed by atoms with van der Waals surface area (Å²) in [6, 6.07) is 7.83. The fourth-order valence-corrected chi connectivity index (χ4v) is 1.30. The van der Waals surface area contributed by atoms with E-state index in [1.165, 1.54) is 4.90 Å². The molecule has 0 aliphatic carbocycles. The molecule has 0 saturated heterocycles. The second-order valence-corrected chi connectivity index (χ2v) is 3.72. The summed E-state index contributed by atoms with van der Waals surface area (Å²) < 4.78 is 5.31. The van der Waals surface area contributed by atoms with E-state index in [9.17, 15) is 0 Å². The van der Waals surface area contributed by atoms with E-state index in [1.807, 2.05) is 30.5 Å². The Morgan fingerprint density at radius 3 is 2.46 bits per heavy atom. The Hall–Kier alpha value is -0.670. The molecule has 1 aromatic carbocycles. The van der Waals surface area contributed by atoms with Crippen LogP contribution in [0.15, 0.2) is 29.2 Å². The molecule has 13 heavy (non-hydrogen) atoms. The first-order valence-corrected chi connectivity index (χ1v) is 5.40. The molecule has 0 aromatic heterocycles. The molecule has 1 aromatic rings. The molecular formula is C10H14O2S. The van der Waals surface area contributed by atoms with E-state index in [0.29, 0.717) is 6.61 Å². The average molecular weight is 198 g/mol. The Kier molecular flexibility index (Phi) is 4.12. The summed E-state index contributed by atoms with van der Waals surface area (Å²) in [5.41, 5.74) is 0. The van der Waals surface area contributed by atoms with Gasteiger partial charge in [-0.2, -0.15) is 0 Å². The standard InChI is InChI=1S/C10H14O2S/c1-8(11)7-12-9-3-5-10(13-2)6-4-9/h3-6,8,11H,7H2,1-2H3/t8-/m1/s1. The van der Waals surface area contributed by atoms with E-state index in [2.05, 4.69) is 0 Å². The molecule has 3 heteroatoms. The van der Waals surface area contributed by atoms with Crippen molar-refractivity contribution in [2.75, 3.05) is 12.9 Å². The lowest BCUT2D eigenvalue weighted by molar-refractivity contribution is 0.122. The van der Waals surface area contributed by atoms with E-state index in [-0.39, 0.29) is 0 Å². The van der Waals surface area contributed by atoms with Gasteiger partial charge in [-0.25, -0.2) is 0 Å². The van der Waals surface area contributed by atoms with Crippen LogP contribution in [0.3, 0.4) is 0 Å². The molecule has 0 fully saturated rings. The van der Waals surface area contributed by atoms with Crippen molar-refractivity contribution in [2.24, 2.45) is 0 Å². The second-order valence-electron chi connectivity index (χ2n) is 2.84. The monoisotopic (exact) mass is 198 g/mol. The first-order chi connectivity index (χ1) is 6.22. The zero-order valence-corrected chi connectivity index (χ0v) is 8.67. The van der Waals surface area contributed by atoms with E-state index < -0.39 is 6.10 Å². The van der Waals surface area contributed by atoms with Gasteiger partial charge in [0.2, 0.25) is 0 Å². The number of aliphatic hydroxyl groups is 1.